The van der Waals surface area contributed by atoms with Crippen LogP contribution >= 0.6 is 0 Å². The van der Waals surface area contributed by atoms with Crippen molar-refractivity contribution in [3.05, 3.63) is 41.6 Å². The molecule has 4 nitrogen and oxygen atoms in total. The van der Waals surface area contributed by atoms with Crippen LogP contribution < -0.4 is 5.32 Å². The zero-order valence-corrected chi connectivity index (χ0v) is 13.0. The number of carbonyl (C=O) groups excluding carboxylic acids is 1. The van der Waals surface area contributed by atoms with Gasteiger partial charge < -0.3 is 9.84 Å². The van der Waals surface area contributed by atoms with Crippen LogP contribution in [0, 0.1) is 12.8 Å². The van der Waals surface area contributed by atoms with E-state index in [0.717, 1.165) is 17.5 Å². The van der Waals surface area contributed by atoms with E-state index in [1.54, 1.807) is 6.07 Å². The van der Waals surface area contributed by atoms with Gasteiger partial charge in [-0.2, -0.15) is 0 Å². The third kappa shape index (κ3) is 4.18. The number of amides is 1. The molecule has 2 rings (SSSR count). The van der Waals surface area contributed by atoms with Crippen molar-refractivity contribution in [3.63, 3.8) is 0 Å². The van der Waals surface area contributed by atoms with Crippen molar-refractivity contribution in [2.45, 2.75) is 40.2 Å². The molecule has 0 fully saturated rings. The molecule has 1 amide bonds. The lowest BCUT2D eigenvalue weighted by Crippen LogP contribution is -2.33. The summed E-state index contributed by atoms with van der Waals surface area (Å²) in [6, 6.07) is 9.72. The van der Waals surface area contributed by atoms with Gasteiger partial charge in [0.2, 0.25) is 0 Å². The molecular formula is C17H22N2O2. The molecule has 1 unspecified atom stereocenters. The molecule has 0 spiro atoms. The van der Waals surface area contributed by atoms with Gasteiger partial charge in [-0.25, -0.2) is 0 Å². The monoisotopic (exact) mass is 286 g/mol. The van der Waals surface area contributed by atoms with Gasteiger partial charge >= 0.3 is 0 Å². The number of hydrogen-bond acceptors (Lipinski definition) is 3. The number of nitrogens with one attached hydrogen (secondary N) is 1. The Morgan fingerprint density at radius 2 is 2.05 bits per heavy atom. The van der Waals surface area contributed by atoms with E-state index in [2.05, 4.69) is 24.3 Å². The average molecular weight is 286 g/mol. The van der Waals surface area contributed by atoms with Crippen molar-refractivity contribution in [3.8, 4) is 11.3 Å². The van der Waals surface area contributed by atoms with Crippen LogP contribution in [0.4, 0.5) is 0 Å². The largest absolute Gasteiger partial charge is 0.355 e. The molecule has 0 bridgehead atoms. The molecule has 0 aliphatic rings. The molecule has 0 saturated carbocycles. The Labute approximate surface area is 125 Å². The van der Waals surface area contributed by atoms with Crippen LogP contribution in [0.1, 0.15) is 43.2 Å². The van der Waals surface area contributed by atoms with E-state index in [4.69, 9.17) is 4.52 Å². The molecule has 1 N–H and O–H groups in total. The predicted molar refractivity (Wildman–Crippen MR) is 83.1 cm³/mol. The van der Waals surface area contributed by atoms with E-state index in [1.165, 1.54) is 0 Å². The lowest BCUT2D eigenvalue weighted by atomic mass is 10.1. The summed E-state index contributed by atoms with van der Waals surface area (Å²) < 4.78 is 5.28. The van der Waals surface area contributed by atoms with Gasteiger partial charge in [0.05, 0.1) is 0 Å². The second-order valence-corrected chi connectivity index (χ2v) is 5.95. The highest BCUT2D eigenvalue weighted by atomic mass is 16.5. The Morgan fingerprint density at radius 1 is 1.29 bits per heavy atom. The van der Waals surface area contributed by atoms with Crippen molar-refractivity contribution in [1.82, 2.24) is 10.5 Å². The Kier molecular flexibility index (Phi) is 4.78. The van der Waals surface area contributed by atoms with E-state index in [9.17, 15) is 4.79 Å². The standard InChI is InChI=1S/C17H22N2O2/c1-11(2)8-13(4)18-17(20)15-10-16(21-19-15)14-7-5-6-12(3)9-14/h5-7,9-11,13H,8H2,1-4H3,(H,18,20). The van der Waals surface area contributed by atoms with E-state index in [-0.39, 0.29) is 11.9 Å². The van der Waals surface area contributed by atoms with Gasteiger partial charge in [0.1, 0.15) is 0 Å². The first kappa shape index (κ1) is 15.3. The molecular weight excluding hydrogens is 264 g/mol. The summed E-state index contributed by atoms with van der Waals surface area (Å²) in [6.45, 7) is 8.28. The predicted octanol–water partition coefficient (Wildman–Crippen LogP) is 3.81. The van der Waals surface area contributed by atoms with Crippen molar-refractivity contribution < 1.29 is 9.32 Å². The Morgan fingerprint density at radius 3 is 2.71 bits per heavy atom. The number of carbonyl (C=O) groups is 1. The molecule has 4 heteroatoms. The Bertz CT molecular complexity index is 617. The fraction of sp³-hybridized carbons (Fsp3) is 0.412. The molecule has 112 valence electrons. The molecule has 0 saturated heterocycles. The lowest BCUT2D eigenvalue weighted by Gasteiger charge is -2.14. The fourth-order valence-electron chi connectivity index (χ4n) is 2.38. The molecule has 0 aliphatic heterocycles. The van der Waals surface area contributed by atoms with Crippen molar-refractivity contribution in [1.29, 1.82) is 0 Å². The summed E-state index contributed by atoms with van der Waals surface area (Å²) in [5.74, 6) is 0.964. The SMILES string of the molecule is Cc1cccc(-c2cc(C(=O)NC(C)CC(C)C)no2)c1. The molecule has 0 aliphatic carbocycles. The van der Waals surface area contributed by atoms with Gasteiger partial charge in [-0.3, -0.25) is 4.79 Å². The fourth-order valence-corrected chi connectivity index (χ4v) is 2.38. The van der Waals surface area contributed by atoms with Gasteiger partial charge in [-0.1, -0.05) is 42.8 Å². The first-order valence-electron chi connectivity index (χ1n) is 7.30. The molecule has 1 heterocycles. The highest BCUT2D eigenvalue weighted by Crippen LogP contribution is 2.21. The molecule has 1 aromatic heterocycles. The Balaban J connectivity index is 2.07. The van der Waals surface area contributed by atoms with Crippen molar-refractivity contribution >= 4 is 5.91 Å². The second kappa shape index (κ2) is 6.57. The number of hydrogen-bond donors (Lipinski definition) is 1. The van der Waals surface area contributed by atoms with E-state index in [1.807, 2.05) is 38.1 Å². The number of nitrogens with zero attached hydrogens (tertiary/aromatic N) is 1. The van der Waals surface area contributed by atoms with Crippen molar-refractivity contribution in [2.75, 3.05) is 0 Å². The first-order chi connectivity index (χ1) is 9.95. The maximum absolute atomic E-state index is 12.1. The van der Waals surface area contributed by atoms with Gasteiger partial charge in [-0.05, 0) is 32.3 Å². The van der Waals surface area contributed by atoms with E-state index >= 15 is 0 Å². The first-order valence-corrected chi connectivity index (χ1v) is 7.30. The summed E-state index contributed by atoms with van der Waals surface area (Å²) in [5.41, 5.74) is 2.39. The van der Waals surface area contributed by atoms with Crippen LogP contribution in [0.15, 0.2) is 34.9 Å². The number of rotatable bonds is 5. The normalized spacial score (nSPS) is 12.4. The van der Waals surface area contributed by atoms with Crippen LogP contribution in [0.3, 0.4) is 0 Å². The van der Waals surface area contributed by atoms with Crippen LogP contribution in [0.25, 0.3) is 11.3 Å². The second-order valence-electron chi connectivity index (χ2n) is 5.95. The quantitative estimate of drug-likeness (QED) is 0.909. The van der Waals surface area contributed by atoms with Gasteiger partial charge in [0, 0.05) is 17.7 Å². The minimum Gasteiger partial charge on any atom is -0.355 e. The summed E-state index contributed by atoms with van der Waals surface area (Å²) in [5, 5.41) is 6.81. The number of aryl methyl sites for hydroxylation is 1. The number of benzene rings is 1. The number of aromatic nitrogens is 1. The summed E-state index contributed by atoms with van der Waals surface area (Å²) in [7, 11) is 0. The van der Waals surface area contributed by atoms with Crippen LogP contribution in [0.5, 0.6) is 0 Å². The summed E-state index contributed by atoms with van der Waals surface area (Å²) >= 11 is 0. The highest BCUT2D eigenvalue weighted by Gasteiger charge is 2.16. The maximum Gasteiger partial charge on any atom is 0.273 e. The van der Waals surface area contributed by atoms with Gasteiger partial charge in [0.15, 0.2) is 11.5 Å². The highest BCUT2D eigenvalue weighted by molar-refractivity contribution is 5.93. The van der Waals surface area contributed by atoms with Crippen LogP contribution in [-0.4, -0.2) is 17.1 Å². The third-order valence-corrected chi connectivity index (χ3v) is 3.25. The van der Waals surface area contributed by atoms with E-state index in [0.29, 0.717) is 17.4 Å². The third-order valence-electron chi connectivity index (χ3n) is 3.25. The molecule has 0 radical (unpaired) electrons. The summed E-state index contributed by atoms with van der Waals surface area (Å²) in [6.07, 6.45) is 0.939. The summed E-state index contributed by atoms with van der Waals surface area (Å²) in [4.78, 5) is 12.1. The minimum atomic E-state index is -0.189. The molecule has 2 aromatic rings. The molecule has 1 aromatic carbocycles. The van der Waals surface area contributed by atoms with Crippen LogP contribution in [0.2, 0.25) is 0 Å². The minimum absolute atomic E-state index is 0.122. The zero-order valence-electron chi connectivity index (χ0n) is 13.0. The molecule has 21 heavy (non-hydrogen) atoms. The van der Waals surface area contributed by atoms with Crippen molar-refractivity contribution in [2.24, 2.45) is 5.92 Å². The lowest BCUT2D eigenvalue weighted by molar-refractivity contribution is 0.0927. The molecule has 1 atom stereocenters. The van der Waals surface area contributed by atoms with E-state index < -0.39 is 0 Å². The maximum atomic E-state index is 12.1. The van der Waals surface area contributed by atoms with Gasteiger partial charge in [-0.15, -0.1) is 0 Å². The van der Waals surface area contributed by atoms with Gasteiger partial charge in [0.25, 0.3) is 5.91 Å². The smallest absolute Gasteiger partial charge is 0.273 e. The average Bonchev–Trinajstić information content (AvgIpc) is 2.87. The van der Waals surface area contributed by atoms with Crippen LogP contribution in [-0.2, 0) is 0 Å². The Hall–Kier alpha value is -2.10. The topological polar surface area (TPSA) is 55.1 Å². The zero-order chi connectivity index (χ0) is 15.4.